The third-order valence-corrected chi connectivity index (χ3v) is 7.19. The van der Waals surface area contributed by atoms with Gasteiger partial charge < -0.3 is 19.8 Å². The van der Waals surface area contributed by atoms with Crippen LogP contribution in [0, 0.1) is 0 Å². The Labute approximate surface area is 227 Å². The van der Waals surface area contributed by atoms with Gasteiger partial charge in [0, 0.05) is 23.0 Å². The zero-order valence-electron chi connectivity index (χ0n) is 21.3. The number of anilines is 1. The van der Waals surface area contributed by atoms with Crippen LogP contribution in [0.1, 0.15) is 54.2 Å². The van der Waals surface area contributed by atoms with Crippen molar-refractivity contribution in [1.29, 1.82) is 0 Å². The van der Waals surface area contributed by atoms with Crippen LogP contribution < -0.4 is 15.4 Å². The summed E-state index contributed by atoms with van der Waals surface area (Å²) in [6, 6.07) is 4.35. The zero-order valence-corrected chi connectivity index (χ0v) is 21.3. The fourth-order valence-corrected chi connectivity index (χ4v) is 4.89. The maximum Gasteiger partial charge on any atom is 0.420 e. The summed E-state index contributed by atoms with van der Waals surface area (Å²) >= 11 is 0. The summed E-state index contributed by atoms with van der Waals surface area (Å²) in [4.78, 5) is 17.3. The summed E-state index contributed by atoms with van der Waals surface area (Å²) in [7, 11) is 0. The normalized spacial score (nSPS) is 16.5. The van der Waals surface area contributed by atoms with E-state index in [1.807, 2.05) is 0 Å². The Morgan fingerprint density at radius 1 is 1.07 bits per heavy atom. The number of rotatable bonds is 7. The molecule has 0 spiro atoms. The van der Waals surface area contributed by atoms with E-state index in [0.29, 0.717) is 18.4 Å². The molecule has 3 aromatic heterocycles. The molecule has 1 aliphatic carbocycles. The molecule has 2 fully saturated rings. The van der Waals surface area contributed by atoms with Crippen molar-refractivity contribution in [1.82, 2.24) is 30.3 Å². The summed E-state index contributed by atoms with van der Waals surface area (Å²) in [5, 5.41) is 17.7. The van der Waals surface area contributed by atoms with Gasteiger partial charge in [0.05, 0.1) is 36.3 Å². The first-order chi connectivity index (χ1) is 19.4. The van der Waals surface area contributed by atoms with Gasteiger partial charge in [-0.2, -0.15) is 28.5 Å². The number of hydrogen-bond acceptors (Lipinski definition) is 8. The minimum Gasteiger partial charge on any atom is -0.490 e. The van der Waals surface area contributed by atoms with Crippen molar-refractivity contribution < 1.29 is 27.1 Å². The van der Waals surface area contributed by atoms with E-state index in [9.17, 15) is 18.0 Å². The van der Waals surface area contributed by atoms with E-state index in [2.05, 4.69) is 30.9 Å². The van der Waals surface area contributed by atoms with E-state index in [-0.39, 0.29) is 46.3 Å². The van der Waals surface area contributed by atoms with Crippen molar-refractivity contribution in [2.75, 3.05) is 18.4 Å². The quantitative estimate of drug-likeness (QED) is 0.324. The minimum absolute atomic E-state index is 0.0433. The van der Waals surface area contributed by atoms with E-state index in [1.165, 1.54) is 30.7 Å². The van der Waals surface area contributed by atoms with Gasteiger partial charge in [-0.05, 0) is 63.4 Å². The molecule has 1 amide bonds. The maximum absolute atomic E-state index is 14.7. The molecule has 40 heavy (non-hydrogen) atoms. The van der Waals surface area contributed by atoms with Gasteiger partial charge in [0.25, 0.3) is 5.91 Å². The van der Waals surface area contributed by atoms with E-state index in [4.69, 9.17) is 9.15 Å². The zero-order chi connectivity index (χ0) is 27.7. The van der Waals surface area contributed by atoms with Gasteiger partial charge in [0.1, 0.15) is 17.6 Å². The molecule has 1 saturated carbocycles. The summed E-state index contributed by atoms with van der Waals surface area (Å²) < 4.78 is 57.0. The third kappa shape index (κ3) is 5.28. The highest BCUT2D eigenvalue weighted by Crippen LogP contribution is 2.47. The summed E-state index contributed by atoms with van der Waals surface area (Å²) in [5.74, 6) is -0.873. The van der Waals surface area contributed by atoms with Crippen LogP contribution in [0.3, 0.4) is 0 Å². The molecule has 0 bridgehead atoms. The molecule has 0 unspecified atom stereocenters. The number of piperidine rings is 1. The van der Waals surface area contributed by atoms with Crippen LogP contribution in [0.25, 0.3) is 22.6 Å². The number of amides is 1. The smallest absolute Gasteiger partial charge is 0.420 e. The SMILES string of the molecule is O=C(Nc1ccc(OC2CCC2)c(C(F)(F)F)c1-c1cnn(C2CCNCC2)c1)c1coc(-c2ccnnc2)n1. The molecule has 208 valence electrons. The highest BCUT2D eigenvalue weighted by molar-refractivity contribution is 6.05. The fraction of sp³-hybridized carbons (Fsp3) is 0.370. The van der Waals surface area contributed by atoms with Crippen molar-refractivity contribution in [2.24, 2.45) is 0 Å². The van der Waals surface area contributed by atoms with E-state index >= 15 is 0 Å². The van der Waals surface area contributed by atoms with Crippen molar-refractivity contribution in [3.63, 3.8) is 0 Å². The molecular formula is C27H26F3N7O3. The Morgan fingerprint density at radius 3 is 2.60 bits per heavy atom. The largest absolute Gasteiger partial charge is 0.490 e. The summed E-state index contributed by atoms with van der Waals surface area (Å²) in [6.07, 6.45) is 5.89. The molecule has 1 saturated heterocycles. The molecule has 2 N–H and O–H groups in total. The number of aromatic nitrogens is 5. The molecule has 2 aliphatic rings. The lowest BCUT2D eigenvalue weighted by Crippen LogP contribution is -2.29. The number of nitrogens with zero attached hydrogens (tertiary/aromatic N) is 5. The van der Waals surface area contributed by atoms with Gasteiger partial charge in [-0.25, -0.2) is 4.98 Å². The molecule has 4 aromatic rings. The highest BCUT2D eigenvalue weighted by atomic mass is 19.4. The Kier molecular flexibility index (Phi) is 6.96. The number of halogens is 3. The third-order valence-electron chi connectivity index (χ3n) is 7.19. The van der Waals surface area contributed by atoms with Gasteiger partial charge in [0.2, 0.25) is 5.89 Å². The maximum atomic E-state index is 14.7. The number of carbonyl (C=O) groups excluding carboxylic acids is 1. The molecule has 1 aliphatic heterocycles. The molecule has 4 heterocycles. The number of nitrogens with one attached hydrogen (secondary N) is 2. The Hall–Kier alpha value is -4.26. The van der Waals surface area contributed by atoms with Crippen LogP contribution in [-0.4, -0.2) is 50.1 Å². The van der Waals surface area contributed by atoms with Crippen molar-refractivity contribution in [2.45, 2.75) is 50.4 Å². The van der Waals surface area contributed by atoms with E-state index in [1.54, 1.807) is 16.9 Å². The predicted octanol–water partition coefficient (Wildman–Crippen LogP) is 5.12. The number of alkyl halides is 3. The Balaban J connectivity index is 1.39. The van der Waals surface area contributed by atoms with Crippen LogP contribution >= 0.6 is 0 Å². The first-order valence-corrected chi connectivity index (χ1v) is 13.1. The molecule has 10 nitrogen and oxygen atoms in total. The average Bonchev–Trinajstić information content (AvgIpc) is 3.62. The van der Waals surface area contributed by atoms with E-state index in [0.717, 1.165) is 38.6 Å². The van der Waals surface area contributed by atoms with Gasteiger partial charge in [-0.15, -0.1) is 0 Å². The number of ether oxygens (including phenoxy) is 1. The molecule has 0 radical (unpaired) electrons. The lowest BCUT2D eigenvalue weighted by atomic mass is 9.95. The fourth-order valence-electron chi connectivity index (χ4n) is 4.89. The number of benzene rings is 1. The summed E-state index contributed by atoms with van der Waals surface area (Å²) in [6.45, 7) is 1.60. The van der Waals surface area contributed by atoms with Crippen molar-refractivity contribution in [3.05, 3.63) is 60.5 Å². The first kappa shape index (κ1) is 26.0. The van der Waals surface area contributed by atoms with Gasteiger partial charge in [-0.3, -0.25) is 9.48 Å². The topological polar surface area (TPSA) is 120 Å². The van der Waals surface area contributed by atoms with Crippen LogP contribution in [0.5, 0.6) is 5.75 Å². The van der Waals surface area contributed by atoms with Crippen LogP contribution in [0.15, 0.2) is 53.7 Å². The van der Waals surface area contributed by atoms with Crippen LogP contribution in [-0.2, 0) is 6.18 Å². The Bertz CT molecular complexity index is 1490. The second-order valence-corrected chi connectivity index (χ2v) is 9.84. The molecule has 0 atom stereocenters. The van der Waals surface area contributed by atoms with Crippen LogP contribution in [0.4, 0.5) is 18.9 Å². The van der Waals surface area contributed by atoms with Crippen LogP contribution in [0.2, 0.25) is 0 Å². The number of carbonyl (C=O) groups is 1. The van der Waals surface area contributed by atoms with E-state index < -0.39 is 17.6 Å². The lowest BCUT2D eigenvalue weighted by Gasteiger charge is -2.29. The van der Waals surface area contributed by atoms with Crippen molar-refractivity contribution >= 4 is 11.6 Å². The second-order valence-electron chi connectivity index (χ2n) is 9.84. The second kappa shape index (κ2) is 10.7. The average molecular weight is 554 g/mol. The summed E-state index contributed by atoms with van der Waals surface area (Å²) in [5.41, 5.74) is -0.587. The number of oxazole rings is 1. The van der Waals surface area contributed by atoms with Gasteiger partial charge in [-0.1, -0.05) is 0 Å². The Morgan fingerprint density at radius 2 is 1.90 bits per heavy atom. The monoisotopic (exact) mass is 553 g/mol. The minimum atomic E-state index is -4.76. The molecule has 1 aromatic carbocycles. The first-order valence-electron chi connectivity index (χ1n) is 13.1. The molecule has 6 rings (SSSR count). The van der Waals surface area contributed by atoms with Gasteiger partial charge in [0.15, 0.2) is 5.69 Å². The predicted molar refractivity (Wildman–Crippen MR) is 138 cm³/mol. The van der Waals surface area contributed by atoms with Crippen molar-refractivity contribution in [3.8, 4) is 28.3 Å². The lowest BCUT2D eigenvalue weighted by molar-refractivity contribution is -0.139. The molecular weight excluding hydrogens is 527 g/mol. The van der Waals surface area contributed by atoms with Gasteiger partial charge >= 0.3 is 6.18 Å². The number of hydrogen-bond donors (Lipinski definition) is 2. The standard InChI is InChI=1S/C27H26F3N7O3/c28-27(29,30)24-22(40-19-2-1-3-19)5-4-20(23(24)17-13-34-37(14-17)18-7-9-31-10-8-18)35-25(38)21-15-39-26(36-21)16-6-11-32-33-12-16/h4-6,11-15,18-19,31H,1-3,7-10H2,(H,35,38). The highest BCUT2D eigenvalue weighted by Gasteiger charge is 2.40. The molecule has 13 heteroatoms.